The molecule has 0 saturated heterocycles. The van der Waals surface area contributed by atoms with Gasteiger partial charge in [-0.1, -0.05) is 13.3 Å². The Bertz CT molecular complexity index is 292. The summed E-state index contributed by atoms with van der Waals surface area (Å²) >= 11 is 0. The van der Waals surface area contributed by atoms with Crippen molar-refractivity contribution in [3.05, 3.63) is 22.2 Å². The molecule has 0 atom stereocenters. The highest BCUT2D eigenvalue weighted by Gasteiger charge is 2.02. The van der Waals surface area contributed by atoms with Crippen LogP contribution in [0.25, 0.3) is 0 Å². The van der Waals surface area contributed by atoms with E-state index in [-0.39, 0.29) is 5.56 Å². The van der Waals surface area contributed by atoms with Gasteiger partial charge in [0.15, 0.2) is 0 Å². The van der Waals surface area contributed by atoms with Crippen LogP contribution in [0.2, 0.25) is 0 Å². The molecule has 4 heteroatoms. The quantitative estimate of drug-likeness (QED) is 0.642. The topological polar surface area (TPSA) is 71.8 Å². The number of aromatic amines is 1. The molecule has 0 unspecified atom stereocenters. The molecule has 0 aromatic carbocycles. The molecule has 0 radical (unpaired) electrons. The second-order valence-electron chi connectivity index (χ2n) is 2.35. The van der Waals surface area contributed by atoms with Crippen LogP contribution in [0.1, 0.15) is 18.9 Å². The van der Waals surface area contributed by atoms with E-state index < -0.39 is 0 Å². The van der Waals surface area contributed by atoms with E-state index in [0.29, 0.717) is 17.8 Å². The number of aromatic nitrogens is 2. The molecule has 0 fully saturated rings. The van der Waals surface area contributed by atoms with Gasteiger partial charge >= 0.3 is 0 Å². The van der Waals surface area contributed by atoms with E-state index in [1.165, 1.54) is 6.33 Å². The predicted octanol–water partition coefficient (Wildman–Crippen LogP) is 0.305. The van der Waals surface area contributed by atoms with E-state index in [1.54, 1.807) is 0 Å². The Hall–Kier alpha value is -1.32. The summed E-state index contributed by atoms with van der Waals surface area (Å²) < 4.78 is 0. The van der Waals surface area contributed by atoms with Crippen molar-refractivity contribution in [2.45, 2.75) is 19.8 Å². The zero-order valence-corrected chi connectivity index (χ0v) is 6.42. The Kier molecular flexibility index (Phi) is 2.25. The second-order valence-corrected chi connectivity index (χ2v) is 2.35. The molecule has 1 rings (SSSR count). The molecule has 0 spiro atoms. The lowest BCUT2D eigenvalue weighted by molar-refractivity contribution is 0.890. The fraction of sp³-hybridized carbons (Fsp3) is 0.429. The average molecular weight is 153 g/mol. The molecule has 3 N–H and O–H groups in total. The summed E-state index contributed by atoms with van der Waals surface area (Å²) in [4.78, 5) is 17.3. The molecular weight excluding hydrogens is 142 g/mol. The van der Waals surface area contributed by atoms with Gasteiger partial charge in [0, 0.05) is 0 Å². The van der Waals surface area contributed by atoms with Crippen LogP contribution in [0, 0.1) is 0 Å². The van der Waals surface area contributed by atoms with Gasteiger partial charge in [-0.3, -0.25) is 4.79 Å². The summed E-state index contributed by atoms with van der Waals surface area (Å²) in [5.74, 6) is 0.343. The van der Waals surface area contributed by atoms with Gasteiger partial charge in [0.25, 0.3) is 5.56 Å². The monoisotopic (exact) mass is 153 g/mol. The van der Waals surface area contributed by atoms with Crippen molar-refractivity contribution in [2.24, 2.45) is 0 Å². The molecule has 0 aliphatic carbocycles. The lowest BCUT2D eigenvalue weighted by Gasteiger charge is -1.98. The van der Waals surface area contributed by atoms with Crippen LogP contribution in [0.4, 0.5) is 5.82 Å². The Balaban J connectivity index is 3.10. The molecule has 0 bridgehead atoms. The number of hydrogen-bond acceptors (Lipinski definition) is 3. The highest BCUT2D eigenvalue weighted by molar-refractivity contribution is 5.36. The number of nitrogens with one attached hydrogen (secondary N) is 1. The van der Waals surface area contributed by atoms with Gasteiger partial charge < -0.3 is 10.7 Å². The van der Waals surface area contributed by atoms with Gasteiger partial charge in [0.1, 0.15) is 5.82 Å². The van der Waals surface area contributed by atoms with Crippen LogP contribution < -0.4 is 11.3 Å². The lowest BCUT2D eigenvalue weighted by Crippen LogP contribution is -2.15. The number of nitrogens with two attached hydrogens (primary N) is 1. The third-order valence-electron chi connectivity index (χ3n) is 1.48. The SMILES string of the molecule is CCCc1c(N)nc[nH]c1=O. The van der Waals surface area contributed by atoms with E-state index in [1.807, 2.05) is 6.92 Å². The van der Waals surface area contributed by atoms with Crippen LogP contribution in [0.5, 0.6) is 0 Å². The fourth-order valence-electron chi connectivity index (χ4n) is 0.933. The summed E-state index contributed by atoms with van der Waals surface area (Å²) in [6.45, 7) is 1.99. The molecular formula is C7H11N3O. The zero-order valence-electron chi connectivity index (χ0n) is 6.42. The number of hydrogen-bond donors (Lipinski definition) is 2. The minimum Gasteiger partial charge on any atom is -0.383 e. The molecule has 4 nitrogen and oxygen atoms in total. The van der Waals surface area contributed by atoms with Crippen molar-refractivity contribution in [1.82, 2.24) is 9.97 Å². The first kappa shape index (κ1) is 7.78. The van der Waals surface area contributed by atoms with Gasteiger partial charge in [-0.25, -0.2) is 4.98 Å². The van der Waals surface area contributed by atoms with Crippen LogP contribution in [0.15, 0.2) is 11.1 Å². The summed E-state index contributed by atoms with van der Waals surface area (Å²) in [7, 11) is 0. The molecule has 60 valence electrons. The molecule has 1 aromatic heterocycles. The number of nitrogen functional groups attached to an aromatic ring is 1. The Morgan fingerprint density at radius 3 is 3.00 bits per heavy atom. The van der Waals surface area contributed by atoms with E-state index in [2.05, 4.69) is 9.97 Å². The summed E-state index contributed by atoms with van der Waals surface area (Å²) in [5, 5.41) is 0. The second kappa shape index (κ2) is 3.18. The summed E-state index contributed by atoms with van der Waals surface area (Å²) in [6.07, 6.45) is 2.91. The van der Waals surface area contributed by atoms with E-state index >= 15 is 0 Å². The minimum atomic E-state index is -0.126. The summed E-state index contributed by atoms with van der Waals surface area (Å²) in [5.41, 5.74) is 5.94. The molecule has 0 aliphatic heterocycles. The Morgan fingerprint density at radius 1 is 1.73 bits per heavy atom. The molecule has 0 aliphatic rings. The van der Waals surface area contributed by atoms with Crippen molar-refractivity contribution in [1.29, 1.82) is 0 Å². The molecule has 1 heterocycles. The maximum Gasteiger partial charge on any atom is 0.255 e. The normalized spacial score (nSPS) is 9.91. The third-order valence-corrected chi connectivity index (χ3v) is 1.48. The maximum atomic E-state index is 11.1. The third kappa shape index (κ3) is 1.58. The highest BCUT2D eigenvalue weighted by atomic mass is 16.1. The average Bonchev–Trinajstić information content (AvgIpc) is 1.97. The van der Waals surface area contributed by atoms with Gasteiger partial charge in [-0.2, -0.15) is 0 Å². The Labute approximate surface area is 64.5 Å². The van der Waals surface area contributed by atoms with Crippen molar-refractivity contribution in [3.8, 4) is 0 Å². The standard InChI is InChI=1S/C7H11N3O/c1-2-3-5-6(8)9-4-10-7(5)11/h4H,2-3H2,1H3,(H3,8,9,10,11). The first-order chi connectivity index (χ1) is 5.25. The zero-order chi connectivity index (χ0) is 8.27. The highest BCUT2D eigenvalue weighted by Crippen LogP contribution is 2.02. The molecule has 0 amide bonds. The number of rotatable bonds is 2. The van der Waals surface area contributed by atoms with Crippen molar-refractivity contribution >= 4 is 5.82 Å². The number of nitrogens with zero attached hydrogens (tertiary/aromatic N) is 1. The number of H-pyrrole nitrogens is 1. The minimum absolute atomic E-state index is 0.126. The first-order valence-electron chi connectivity index (χ1n) is 3.57. The van der Waals surface area contributed by atoms with Crippen LogP contribution in [0.3, 0.4) is 0 Å². The van der Waals surface area contributed by atoms with Gasteiger partial charge in [0.2, 0.25) is 0 Å². The van der Waals surface area contributed by atoms with Crippen molar-refractivity contribution in [2.75, 3.05) is 5.73 Å². The summed E-state index contributed by atoms with van der Waals surface area (Å²) in [6, 6.07) is 0. The predicted molar refractivity (Wildman–Crippen MR) is 43.3 cm³/mol. The molecule has 0 saturated carbocycles. The Morgan fingerprint density at radius 2 is 2.45 bits per heavy atom. The first-order valence-corrected chi connectivity index (χ1v) is 3.57. The van der Waals surface area contributed by atoms with Gasteiger partial charge in [-0.05, 0) is 6.42 Å². The van der Waals surface area contributed by atoms with E-state index in [4.69, 9.17) is 5.73 Å². The largest absolute Gasteiger partial charge is 0.383 e. The van der Waals surface area contributed by atoms with E-state index in [0.717, 1.165) is 6.42 Å². The van der Waals surface area contributed by atoms with Gasteiger partial charge in [0.05, 0.1) is 11.9 Å². The van der Waals surface area contributed by atoms with Crippen molar-refractivity contribution < 1.29 is 0 Å². The van der Waals surface area contributed by atoms with Crippen LogP contribution >= 0.6 is 0 Å². The van der Waals surface area contributed by atoms with E-state index in [9.17, 15) is 4.79 Å². The van der Waals surface area contributed by atoms with Crippen LogP contribution in [-0.2, 0) is 6.42 Å². The molecule has 11 heavy (non-hydrogen) atoms. The maximum absolute atomic E-state index is 11.1. The smallest absolute Gasteiger partial charge is 0.255 e. The number of anilines is 1. The van der Waals surface area contributed by atoms with Gasteiger partial charge in [-0.15, -0.1) is 0 Å². The fourth-order valence-corrected chi connectivity index (χ4v) is 0.933. The van der Waals surface area contributed by atoms with Crippen molar-refractivity contribution in [3.63, 3.8) is 0 Å². The molecule has 1 aromatic rings. The van der Waals surface area contributed by atoms with Crippen LogP contribution in [-0.4, -0.2) is 9.97 Å². The lowest BCUT2D eigenvalue weighted by atomic mass is 10.2.